The van der Waals surface area contributed by atoms with E-state index < -0.39 is 0 Å². The molecule has 0 unspecified atom stereocenters. The molecule has 0 radical (unpaired) electrons. The number of hydrogen-bond donors (Lipinski definition) is 0. The Labute approximate surface area is 155 Å². The van der Waals surface area contributed by atoms with Gasteiger partial charge >= 0.3 is 0 Å². The molecular formula is C20H21IN2O. The predicted octanol–water partition coefficient (Wildman–Crippen LogP) is 4.55. The highest BCUT2D eigenvalue weighted by atomic mass is 127. The average Bonchev–Trinajstić information content (AvgIpc) is 2.95. The molecule has 0 saturated carbocycles. The molecule has 1 fully saturated rings. The predicted molar refractivity (Wildman–Crippen MR) is 105 cm³/mol. The number of allylic oxidation sites excluding steroid dienone is 1. The minimum absolute atomic E-state index is 0.119. The van der Waals surface area contributed by atoms with Gasteiger partial charge in [-0.05, 0) is 49.9 Å². The van der Waals surface area contributed by atoms with Crippen LogP contribution in [0, 0.1) is 5.41 Å². The summed E-state index contributed by atoms with van der Waals surface area (Å²) in [5.41, 5.74) is 5.10. The van der Waals surface area contributed by atoms with Crippen molar-refractivity contribution in [3.8, 4) is 0 Å². The van der Waals surface area contributed by atoms with Gasteiger partial charge in [0, 0.05) is 45.6 Å². The zero-order valence-electron chi connectivity index (χ0n) is 13.9. The van der Waals surface area contributed by atoms with Gasteiger partial charge in [0.05, 0.1) is 17.3 Å². The molecule has 2 atom stereocenters. The van der Waals surface area contributed by atoms with Crippen LogP contribution in [-0.4, -0.2) is 26.3 Å². The molecular weight excluding hydrogens is 411 g/mol. The van der Waals surface area contributed by atoms with Gasteiger partial charge < -0.3 is 4.57 Å². The summed E-state index contributed by atoms with van der Waals surface area (Å²) in [6.45, 7) is 4.63. The quantitative estimate of drug-likeness (QED) is 0.514. The maximum absolute atomic E-state index is 12.5. The zero-order valence-corrected chi connectivity index (χ0v) is 16.0. The van der Waals surface area contributed by atoms with Crippen LogP contribution in [0.1, 0.15) is 43.5 Å². The Morgan fingerprint density at radius 1 is 1.33 bits per heavy atom. The summed E-state index contributed by atoms with van der Waals surface area (Å²) >= 11 is 1.97. The lowest BCUT2D eigenvalue weighted by Gasteiger charge is -2.53. The molecule has 1 aromatic heterocycles. The monoisotopic (exact) mass is 432 g/mol. The smallest absolute Gasteiger partial charge is 0.238 e. The molecule has 0 aliphatic carbocycles. The minimum atomic E-state index is 0.119. The number of carbonyl (C=O) groups excluding carboxylic acids is 1. The summed E-state index contributed by atoms with van der Waals surface area (Å²) in [5.74, 6) is 0. The maximum Gasteiger partial charge on any atom is 0.238 e. The Bertz CT molecular complexity index is 896. The molecule has 3 aliphatic rings. The first kappa shape index (κ1) is 15.1. The SMILES string of the molecule is CC[C@@]12C=C(C(=O)I)n3c4c(c5ccccc53)CCN(CCC1)[C@H]42. The molecule has 0 spiro atoms. The highest BCUT2D eigenvalue weighted by Crippen LogP contribution is 2.57. The summed E-state index contributed by atoms with van der Waals surface area (Å²) in [6.07, 6.45) is 6.95. The number of piperidine rings is 1. The maximum atomic E-state index is 12.5. The van der Waals surface area contributed by atoms with Crippen molar-refractivity contribution in [1.82, 2.24) is 9.47 Å². The van der Waals surface area contributed by atoms with E-state index in [0.717, 1.165) is 25.1 Å². The van der Waals surface area contributed by atoms with Crippen LogP contribution < -0.4 is 0 Å². The Morgan fingerprint density at radius 2 is 2.17 bits per heavy atom. The van der Waals surface area contributed by atoms with E-state index in [1.165, 1.54) is 41.5 Å². The van der Waals surface area contributed by atoms with Crippen molar-refractivity contribution in [2.75, 3.05) is 13.1 Å². The molecule has 0 bridgehead atoms. The van der Waals surface area contributed by atoms with Crippen LogP contribution in [0.15, 0.2) is 30.3 Å². The molecule has 2 aromatic rings. The summed E-state index contributed by atoms with van der Waals surface area (Å²) in [6, 6.07) is 9.06. The van der Waals surface area contributed by atoms with E-state index in [9.17, 15) is 4.79 Å². The van der Waals surface area contributed by atoms with Crippen LogP contribution in [-0.2, 0) is 11.2 Å². The highest BCUT2D eigenvalue weighted by molar-refractivity contribution is 14.1. The summed E-state index contributed by atoms with van der Waals surface area (Å²) in [4.78, 5) is 15.2. The summed E-state index contributed by atoms with van der Waals surface area (Å²) < 4.78 is 2.44. The number of nitrogens with zero attached hydrogens (tertiary/aromatic N) is 2. The van der Waals surface area contributed by atoms with Crippen LogP contribution in [0.3, 0.4) is 0 Å². The highest BCUT2D eigenvalue weighted by Gasteiger charge is 2.50. The summed E-state index contributed by atoms with van der Waals surface area (Å²) in [5, 5.41) is 1.34. The number of carbonyl (C=O) groups is 1. The van der Waals surface area contributed by atoms with Crippen LogP contribution in [0.5, 0.6) is 0 Å². The lowest BCUT2D eigenvalue weighted by atomic mass is 9.66. The molecule has 0 N–H and O–H groups in total. The fraction of sp³-hybridized carbons (Fsp3) is 0.450. The molecule has 124 valence electrons. The molecule has 4 heterocycles. The minimum Gasteiger partial charge on any atom is -0.308 e. The second kappa shape index (κ2) is 5.18. The van der Waals surface area contributed by atoms with E-state index in [2.05, 4.69) is 46.7 Å². The second-order valence-corrected chi connectivity index (χ2v) is 8.38. The molecule has 0 amide bonds. The Balaban J connectivity index is 1.92. The van der Waals surface area contributed by atoms with Gasteiger partial charge in [0.25, 0.3) is 0 Å². The van der Waals surface area contributed by atoms with Gasteiger partial charge in [0.15, 0.2) is 0 Å². The van der Waals surface area contributed by atoms with Gasteiger partial charge in [-0.25, -0.2) is 0 Å². The molecule has 1 saturated heterocycles. The third-order valence-corrected chi connectivity index (χ3v) is 7.00. The molecule has 1 aromatic carbocycles. The number of fused-ring (bicyclic) bond motifs is 3. The standard InChI is InChI=1S/C20H21IN2O/c1-2-20-9-5-10-22-11-8-14-13-6-3-4-7-15(13)23(17(14)18(20)22)16(12-20)19(21)24/h3-4,6-7,12,18H,2,5,8-11H2,1H3/t18-,20+/m1/s1. The van der Waals surface area contributed by atoms with E-state index in [1.807, 2.05) is 22.6 Å². The van der Waals surface area contributed by atoms with Crippen molar-refractivity contribution < 1.29 is 4.79 Å². The average molecular weight is 432 g/mol. The van der Waals surface area contributed by atoms with Crippen LogP contribution in [0.25, 0.3) is 16.6 Å². The summed E-state index contributed by atoms with van der Waals surface area (Å²) in [7, 11) is 0. The number of rotatable bonds is 2. The number of benzene rings is 1. The van der Waals surface area contributed by atoms with Crippen LogP contribution >= 0.6 is 22.6 Å². The van der Waals surface area contributed by atoms with Gasteiger partial charge in [0.1, 0.15) is 0 Å². The van der Waals surface area contributed by atoms with Gasteiger partial charge in [0.2, 0.25) is 3.79 Å². The lowest BCUT2D eigenvalue weighted by Crippen LogP contribution is -2.50. The normalized spacial score (nSPS) is 28.6. The van der Waals surface area contributed by atoms with Crippen molar-refractivity contribution in [2.45, 2.75) is 38.6 Å². The number of halogens is 1. The zero-order chi connectivity index (χ0) is 16.5. The van der Waals surface area contributed by atoms with E-state index in [4.69, 9.17) is 0 Å². The third-order valence-electron chi connectivity index (χ3n) is 6.45. The van der Waals surface area contributed by atoms with Crippen molar-refractivity contribution in [3.63, 3.8) is 0 Å². The molecule has 5 rings (SSSR count). The molecule has 3 aliphatic heterocycles. The van der Waals surface area contributed by atoms with E-state index >= 15 is 0 Å². The number of aromatic nitrogens is 1. The van der Waals surface area contributed by atoms with Crippen molar-refractivity contribution in [2.24, 2.45) is 5.41 Å². The Morgan fingerprint density at radius 3 is 2.96 bits per heavy atom. The largest absolute Gasteiger partial charge is 0.308 e. The molecule has 24 heavy (non-hydrogen) atoms. The topological polar surface area (TPSA) is 25.2 Å². The van der Waals surface area contributed by atoms with Crippen LogP contribution in [0.2, 0.25) is 0 Å². The van der Waals surface area contributed by atoms with Gasteiger partial charge in [-0.2, -0.15) is 0 Å². The Kier molecular flexibility index (Phi) is 3.27. The molecule has 3 nitrogen and oxygen atoms in total. The van der Waals surface area contributed by atoms with Crippen molar-refractivity contribution in [3.05, 3.63) is 41.6 Å². The van der Waals surface area contributed by atoms with Crippen molar-refractivity contribution >= 4 is 43.0 Å². The Hall–Kier alpha value is -1.14. The van der Waals surface area contributed by atoms with Crippen molar-refractivity contribution in [1.29, 1.82) is 0 Å². The lowest BCUT2D eigenvalue weighted by molar-refractivity contribution is -0.105. The van der Waals surface area contributed by atoms with Gasteiger partial charge in [-0.15, -0.1) is 0 Å². The van der Waals surface area contributed by atoms with E-state index in [0.29, 0.717) is 6.04 Å². The van der Waals surface area contributed by atoms with E-state index in [-0.39, 0.29) is 9.20 Å². The fourth-order valence-electron chi connectivity index (χ4n) is 5.42. The fourth-order valence-corrected chi connectivity index (χ4v) is 5.82. The first-order valence-corrected chi connectivity index (χ1v) is 10.0. The van der Waals surface area contributed by atoms with Gasteiger partial charge in [-0.3, -0.25) is 9.69 Å². The van der Waals surface area contributed by atoms with Gasteiger partial charge in [-0.1, -0.05) is 25.1 Å². The third kappa shape index (κ3) is 1.79. The molecule has 4 heteroatoms. The second-order valence-electron chi connectivity index (χ2n) is 7.40. The van der Waals surface area contributed by atoms with Crippen LogP contribution in [0.4, 0.5) is 0 Å². The number of para-hydroxylation sites is 1. The number of hydrogen-bond acceptors (Lipinski definition) is 2. The first-order chi connectivity index (χ1) is 11.7. The first-order valence-electron chi connectivity index (χ1n) is 8.95. The van der Waals surface area contributed by atoms with E-state index in [1.54, 1.807) is 0 Å².